The number of aromatic carboxylic acids is 1. The van der Waals surface area contributed by atoms with E-state index in [1.807, 2.05) is 22.6 Å². The SMILES string of the molecule is O=C(O)c1nc2n(c1I)CCCO2. The second kappa shape index (κ2) is 3.17. The monoisotopic (exact) mass is 294 g/mol. The number of ether oxygens (including phenoxy) is 1. The van der Waals surface area contributed by atoms with E-state index in [2.05, 4.69) is 4.98 Å². The molecule has 6 heteroatoms. The molecule has 1 aromatic heterocycles. The van der Waals surface area contributed by atoms with Gasteiger partial charge >= 0.3 is 5.97 Å². The highest BCUT2D eigenvalue weighted by Gasteiger charge is 2.22. The minimum Gasteiger partial charge on any atom is -0.476 e. The van der Waals surface area contributed by atoms with Crippen molar-refractivity contribution in [2.24, 2.45) is 0 Å². The van der Waals surface area contributed by atoms with E-state index in [4.69, 9.17) is 9.84 Å². The Morgan fingerprint density at radius 3 is 3.08 bits per heavy atom. The minimum absolute atomic E-state index is 0.0810. The number of fused-ring (bicyclic) bond motifs is 1. The Morgan fingerprint density at radius 1 is 1.69 bits per heavy atom. The van der Waals surface area contributed by atoms with Gasteiger partial charge in [-0.1, -0.05) is 0 Å². The average Bonchev–Trinajstić information content (AvgIpc) is 2.45. The van der Waals surface area contributed by atoms with Crippen LogP contribution < -0.4 is 4.74 Å². The molecule has 2 rings (SSSR count). The molecule has 1 aliphatic rings. The summed E-state index contributed by atoms with van der Waals surface area (Å²) in [6.45, 7) is 1.40. The molecule has 0 atom stereocenters. The standard InChI is InChI=1S/C7H7IN2O3/c8-5-4(6(11)12)9-7-10(5)2-1-3-13-7/h1-3H2,(H,11,12). The number of hydrogen-bond acceptors (Lipinski definition) is 3. The van der Waals surface area contributed by atoms with Gasteiger partial charge in [0, 0.05) is 6.54 Å². The molecular formula is C7H7IN2O3. The number of nitrogens with zero attached hydrogens (tertiary/aromatic N) is 2. The number of imidazole rings is 1. The van der Waals surface area contributed by atoms with E-state index in [0.29, 0.717) is 16.3 Å². The Labute approximate surface area is 87.9 Å². The van der Waals surface area contributed by atoms with Crippen molar-refractivity contribution < 1.29 is 14.6 Å². The van der Waals surface area contributed by atoms with Crippen LogP contribution in [0.4, 0.5) is 0 Å². The van der Waals surface area contributed by atoms with Crippen molar-refractivity contribution in [1.29, 1.82) is 0 Å². The number of aromatic nitrogens is 2. The van der Waals surface area contributed by atoms with Crippen molar-refractivity contribution in [1.82, 2.24) is 9.55 Å². The largest absolute Gasteiger partial charge is 0.476 e. The molecule has 0 bridgehead atoms. The first-order chi connectivity index (χ1) is 6.20. The lowest BCUT2D eigenvalue weighted by molar-refractivity contribution is 0.0689. The van der Waals surface area contributed by atoms with E-state index in [1.165, 1.54) is 0 Å². The van der Waals surface area contributed by atoms with Crippen molar-refractivity contribution in [3.63, 3.8) is 0 Å². The van der Waals surface area contributed by atoms with Gasteiger partial charge in [0.1, 0.15) is 3.70 Å². The summed E-state index contributed by atoms with van der Waals surface area (Å²) in [5.74, 6) is -1.00. The summed E-state index contributed by atoms with van der Waals surface area (Å²) in [6.07, 6.45) is 0.901. The Hall–Kier alpha value is -0.790. The number of hydrogen-bond donors (Lipinski definition) is 1. The Kier molecular flexibility index (Phi) is 2.14. The minimum atomic E-state index is -1.00. The molecule has 5 nitrogen and oxygen atoms in total. The summed E-state index contributed by atoms with van der Waals surface area (Å²) < 4.78 is 7.64. The predicted molar refractivity (Wildman–Crippen MR) is 52.0 cm³/mol. The first kappa shape index (κ1) is 8.79. The highest BCUT2D eigenvalue weighted by Crippen LogP contribution is 2.23. The summed E-state index contributed by atoms with van der Waals surface area (Å²) >= 11 is 1.97. The second-order valence-electron chi connectivity index (χ2n) is 2.69. The maximum absolute atomic E-state index is 10.7. The van der Waals surface area contributed by atoms with Gasteiger partial charge in [0.2, 0.25) is 0 Å². The van der Waals surface area contributed by atoms with Crippen molar-refractivity contribution in [2.75, 3.05) is 6.61 Å². The van der Waals surface area contributed by atoms with Gasteiger partial charge in [-0.05, 0) is 29.0 Å². The van der Waals surface area contributed by atoms with Gasteiger partial charge in [-0.25, -0.2) is 4.79 Å². The van der Waals surface area contributed by atoms with Crippen molar-refractivity contribution in [3.05, 3.63) is 9.39 Å². The molecule has 0 spiro atoms. The average molecular weight is 294 g/mol. The molecule has 0 saturated heterocycles. The van der Waals surface area contributed by atoms with Gasteiger partial charge in [-0.2, -0.15) is 4.98 Å². The van der Waals surface area contributed by atoms with E-state index < -0.39 is 5.97 Å². The summed E-state index contributed by atoms with van der Waals surface area (Å²) in [6, 6.07) is 0.424. The number of carbonyl (C=O) groups is 1. The maximum atomic E-state index is 10.7. The maximum Gasteiger partial charge on any atom is 0.357 e. The van der Waals surface area contributed by atoms with Crippen LogP contribution >= 0.6 is 22.6 Å². The third kappa shape index (κ3) is 1.38. The van der Waals surface area contributed by atoms with Crippen LogP contribution in [0.2, 0.25) is 0 Å². The van der Waals surface area contributed by atoms with Crippen LogP contribution in [0.25, 0.3) is 0 Å². The van der Waals surface area contributed by atoms with Crippen LogP contribution in [0.5, 0.6) is 6.01 Å². The normalized spacial score (nSPS) is 14.8. The molecule has 0 aliphatic carbocycles. The van der Waals surface area contributed by atoms with Crippen molar-refractivity contribution in [3.8, 4) is 6.01 Å². The molecule has 0 radical (unpaired) electrons. The molecular weight excluding hydrogens is 287 g/mol. The molecule has 1 aliphatic heterocycles. The van der Waals surface area contributed by atoms with Gasteiger partial charge in [0.25, 0.3) is 6.01 Å². The molecule has 1 aromatic rings. The molecule has 0 aromatic carbocycles. The van der Waals surface area contributed by atoms with Crippen LogP contribution in [-0.2, 0) is 6.54 Å². The van der Waals surface area contributed by atoms with Crippen molar-refractivity contribution in [2.45, 2.75) is 13.0 Å². The fourth-order valence-corrected chi connectivity index (χ4v) is 2.04. The van der Waals surface area contributed by atoms with Crippen molar-refractivity contribution >= 4 is 28.6 Å². The number of carboxylic acid groups (broad SMARTS) is 1. The van der Waals surface area contributed by atoms with E-state index in [9.17, 15) is 4.79 Å². The van der Waals surface area contributed by atoms with Gasteiger partial charge in [0.05, 0.1) is 6.61 Å². The second-order valence-corrected chi connectivity index (χ2v) is 3.71. The van der Waals surface area contributed by atoms with Gasteiger partial charge in [-0.15, -0.1) is 0 Å². The zero-order chi connectivity index (χ0) is 9.42. The third-order valence-corrected chi connectivity index (χ3v) is 2.92. The van der Waals surface area contributed by atoms with Crippen LogP contribution in [-0.4, -0.2) is 27.2 Å². The molecule has 0 amide bonds. The quantitative estimate of drug-likeness (QED) is 0.784. The van der Waals surface area contributed by atoms with Crippen LogP contribution in [0, 0.1) is 3.70 Å². The lowest BCUT2D eigenvalue weighted by atomic mass is 10.4. The summed E-state index contributed by atoms with van der Waals surface area (Å²) in [5, 5.41) is 8.78. The molecule has 70 valence electrons. The number of carboxylic acids is 1. The summed E-state index contributed by atoms with van der Waals surface area (Å²) in [5.41, 5.74) is 0.0810. The summed E-state index contributed by atoms with van der Waals surface area (Å²) in [4.78, 5) is 14.6. The number of halogens is 1. The topological polar surface area (TPSA) is 64.3 Å². The molecule has 0 unspecified atom stereocenters. The molecule has 0 saturated carbocycles. The van der Waals surface area contributed by atoms with Crippen LogP contribution in [0.3, 0.4) is 0 Å². The highest BCUT2D eigenvalue weighted by atomic mass is 127. The lowest BCUT2D eigenvalue weighted by Crippen LogP contribution is -2.15. The van der Waals surface area contributed by atoms with E-state index in [1.54, 1.807) is 4.57 Å². The van der Waals surface area contributed by atoms with Crippen LogP contribution in [0.15, 0.2) is 0 Å². The molecule has 2 heterocycles. The fourth-order valence-electron chi connectivity index (χ4n) is 1.24. The smallest absolute Gasteiger partial charge is 0.357 e. The fraction of sp³-hybridized carbons (Fsp3) is 0.429. The number of rotatable bonds is 1. The first-order valence-corrected chi connectivity index (χ1v) is 4.90. The summed E-state index contributed by atoms with van der Waals surface area (Å²) in [7, 11) is 0. The van der Waals surface area contributed by atoms with Gasteiger partial charge in [-0.3, -0.25) is 4.57 Å². The highest BCUT2D eigenvalue weighted by molar-refractivity contribution is 14.1. The first-order valence-electron chi connectivity index (χ1n) is 3.82. The third-order valence-electron chi connectivity index (χ3n) is 1.83. The predicted octanol–water partition coefficient (Wildman–Crippen LogP) is 0.968. The Morgan fingerprint density at radius 2 is 2.46 bits per heavy atom. The van der Waals surface area contributed by atoms with Gasteiger partial charge in [0.15, 0.2) is 5.69 Å². The molecule has 1 N–H and O–H groups in total. The van der Waals surface area contributed by atoms with E-state index >= 15 is 0 Å². The van der Waals surface area contributed by atoms with Crippen LogP contribution in [0.1, 0.15) is 16.9 Å². The zero-order valence-electron chi connectivity index (χ0n) is 6.66. The zero-order valence-corrected chi connectivity index (χ0v) is 8.81. The molecule has 13 heavy (non-hydrogen) atoms. The molecule has 0 fully saturated rings. The Balaban J connectivity index is 2.50. The Bertz CT molecular complexity index is 361. The van der Waals surface area contributed by atoms with Gasteiger partial charge < -0.3 is 9.84 Å². The van der Waals surface area contributed by atoms with E-state index in [-0.39, 0.29) is 5.69 Å². The van der Waals surface area contributed by atoms with E-state index in [0.717, 1.165) is 13.0 Å². The lowest BCUT2D eigenvalue weighted by Gasteiger charge is -2.14.